The Morgan fingerprint density at radius 1 is 0.964 bits per heavy atom. The zero-order chi connectivity index (χ0) is 19.8. The third kappa shape index (κ3) is 5.03. The van der Waals surface area contributed by atoms with Crippen molar-refractivity contribution in [3.8, 4) is 0 Å². The average molecular weight is 439 g/mol. The Hall–Kier alpha value is -2.57. The van der Waals surface area contributed by atoms with Crippen molar-refractivity contribution in [2.45, 2.75) is 24.8 Å². The Balaban J connectivity index is 1.83. The van der Waals surface area contributed by atoms with Gasteiger partial charge >= 0.3 is 0 Å². The summed E-state index contributed by atoms with van der Waals surface area (Å²) in [4.78, 5) is 20.9. The number of aromatic nitrogens is 2. The SMILES string of the molecule is NC(=O)C(CCc1cccnc1)(NCCc1ccncc1)c1ccc(Br)cc1. The number of nitrogens with one attached hydrogen (secondary N) is 1. The summed E-state index contributed by atoms with van der Waals surface area (Å²) in [5, 5.41) is 3.46. The van der Waals surface area contributed by atoms with Gasteiger partial charge in [0.1, 0.15) is 5.54 Å². The number of carbonyl (C=O) groups is 1. The zero-order valence-electron chi connectivity index (χ0n) is 15.5. The van der Waals surface area contributed by atoms with Crippen LogP contribution in [0, 0.1) is 0 Å². The second-order valence-electron chi connectivity index (χ2n) is 6.67. The molecule has 1 unspecified atom stereocenters. The molecule has 1 atom stereocenters. The van der Waals surface area contributed by atoms with Gasteiger partial charge in [-0.1, -0.05) is 34.1 Å². The molecule has 0 fully saturated rings. The third-order valence-electron chi connectivity index (χ3n) is 4.86. The van der Waals surface area contributed by atoms with E-state index >= 15 is 0 Å². The predicted molar refractivity (Wildman–Crippen MR) is 114 cm³/mol. The second kappa shape index (κ2) is 9.57. The summed E-state index contributed by atoms with van der Waals surface area (Å²) in [6.07, 6.45) is 9.13. The van der Waals surface area contributed by atoms with Gasteiger partial charge in [-0.05, 0) is 66.3 Å². The Morgan fingerprint density at radius 3 is 2.36 bits per heavy atom. The van der Waals surface area contributed by atoms with Crippen LogP contribution >= 0.6 is 15.9 Å². The first kappa shape index (κ1) is 20.2. The molecule has 5 nitrogen and oxygen atoms in total. The summed E-state index contributed by atoms with van der Waals surface area (Å²) in [5.74, 6) is -0.381. The number of nitrogens with zero attached hydrogens (tertiary/aromatic N) is 2. The first-order valence-electron chi connectivity index (χ1n) is 9.19. The summed E-state index contributed by atoms with van der Waals surface area (Å²) < 4.78 is 0.957. The fraction of sp³-hybridized carbons (Fsp3) is 0.227. The van der Waals surface area contributed by atoms with Gasteiger partial charge in [0.05, 0.1) is 0 Å². The first-order valence-corrected chi connectivity index (χ1v) is 9.98. The van der Waals surface area contributed by atoms with Crippen LogP contribution < -0.4 is 11.1 Å². The maximum absolute atomic E-state index is 12.7. The summed E-state index contributed by atoms with van der Waals surface area (Å²) in [6.45, 7) is 0.621. The maximum atomic E-state index is 12.7. The predicted octanol–water partition coefficient (Wildman–Crippen LogP) is 3.38. The van der Waals surface area contributed by atoms with E-state index in [2.05, 4.69) is 31.2 Å². The van der Waals surface area contributed by atoms with Gasteiger partial charge in [0.2, 0.25) is 5.91 Å². The molecule has 0 bridgehead atoms. The van der Waals surface area contributed by atoms with Crippen molar-refractivity contribution in [3.05, 3.63) is 94.5 Å². The number of pyridine rings is 2. The number of aryl methyl sites for hydroxylation is 1. The molecule has 0 radical (unpaired) electrons. The fourth-order valence-corrected chi connectivity index (χ4v) is 3.53. The van der Waals surface area contributed by atoms with Crippen molar-refractivity contribution >= 4 is 21.8 Å². The number of primary amides is 1. The number of hydrogen-bond acceptors (Lipinski definition) is 4. The van der Waals surface area contributed by atoms with E-state index in [9.17, 15) is 4.79 Å². The summed E-state index contributed by atoms with van der Waals surface area (Å²) in [7, 11) is 0. The van der Waals surface area contributed by atoms with Gasteiger partial charge in [-0.15, -0.1) is 0 Å². The smallest absolute Gasteiger partial charge is 0.242 e. The van der Waals surface area contributed by atoms with E-state index in [1.165, 1.54) is 0 Å². The highest BCUT2D eigenvalue weighted by Crippen LogP contribution is 2.28. The van der Waals surface area contributed by atoms with E-state index in [-0.39, 0.29) is 5.91 Å². The van der Waals surface area contributed by atoms with E-state index in [4.69, 9.17) is 5.73 Å². The van der Waals surface area contributed by atoms with Crippen molar-refractivity contribution < 1.29 is 4.79 Å². The molecule has 0 saturated heterocycles. The molecule has 144 valence electrons. The Labute approximate surface area is 173 Å². The molecule has 0 aliphatic rings. The van der Waals surface area contributed by atoms with Crippen molar-refractivity contribution in [1.29, 1.82) is 0 Å². The number of hydrogen-bond donors (Lipinski definition) is 2. The molecule has 3 aromatic rings. The van der Waals surface area contributed by atoms with E-state index < -0.39 is 5.54 Å². The minimum Gasteiger partial charge on any atom is -0.368 e. The fourth-order valence-electron chi connectivity index (χ4n) is 3.27. The number of nitrogens with two attached hydrogens (primary N) is 1. The molecule has 3 N–H and O–H groups in total. The number of amides is 1. The first-order chi connectivity index (χ1) is 13.6. The van der Waals surface area contributed by atoms with E-state index in [1.807, 2.05) is 54.7 Å². The highest BCUT2D eigenvalue weighted by molar-refractivity contribution is 9.10. The Bertz CT molecular complexity index is 887. The van der Waals surface area contributed by atoms with Crippen molar-refractivity contribution in [3.63, 3.8) is 0 Å². The van der Waals surface area contributed by atoms with E-state index in [0.29, 0.717) is 19.4 Å². The molecular weight excluding hydrogens is 416 g/mol. The summed E-state index contributed by atoms with van der Waals surface area (Å²) in [6, 6.07) is 15.6. The van der Waals surface area contributed by atoms with Gasteiger partial charge in [-0.3, -0.25) is 20.1 Å². The average Bonchev–Trinajstić information content (AvgIpc) is 2.72. The minimum absolute atomic E-state index is 0.381. The Kier molecular flexibility index (Phi) is 6.90. The van der Waals surface area contributed by atoms with Crippen molar-refractivity contribution in [2.24, 2.45) is 5.73 Å². The molecule has 1 amide bonds. The van der Waals surface area contributed by atoms with Gasteiger partial charge in [-0.2, -0.15) is 0 Å². The van der Waals surface area contributed by atoms with Gasteiger partial charge in [0.15, 0.2) is 0 Å². The molecule has 0 spiro atoms. The van der Waals surface area contributed by atoms with Gasteiger partial charge in [0, 0.05) is 35.8 Å². The van der Waals surface area contributed by atoms with E-state index in [1.54, 1.807) is 18.6 Å². The standard InChI is InChI=1S/C22H23BrN4O/c23-20-5-3-19(4-6-20)22(21(24)28,11-7-18-2-1-12-26-16-18)27-15-10-17-8-13-25-14-9-17/h1-6,8-9,12-14,16,27H,7,10-11,15H2,(H2,24,28). The molecule has 0 aliphatic heterocycles. The van der Waals surface area contributed by atoms with E-state index in [0.717, 1.165) is 27.6 Å². The largest absolute Gasteiger partial charge is 0.368 e. The molecule has 0 saturated carbocycles. The number of rotatable bonds is 9. The molecule has 3 rings (SSSR count). The summed E-state index contributed by atoms with van der Waals surface area (Å²) in [5.41, 5.74) is 8.08. The van der Waals surface area contributed by atoms with Crippen LogP contribution in [-0.2, 0) is 23.2 Å². The lowest BCUT2D eigenvalue weighted by Gasteiger charge is -2.33. The highest BCUT2D eigenvalue weighted by Gasteiger charge is 2.37. The molecule has 2 heterocycles. The molecule has 6 heteroatoms. The van der Waals surface area contributed by atoms with Crippen LogP contribution in [0.4, 0.5) is 0 Å². The molecule has 2 aromatic heterocycles. The van der Waals surface area contributed by atoms with Crippen LogP contribution in [0.25, 0.3) is 0 Å². The van der Waals surface area contributed by atoms with Crippen molar-refractivity contribution in [2.75, 3.05) is 6.54 Å². The number of benzene rings is 1. The van der Waals surface area contributed by atoms with Gasteiger partial charge in [0.25, 0.3) is 0 Å². The van der Waals surface area contributed by atoms with Gasteiger partial charge in [-0.25, -0.2) is 0 Å². The number of carbonyl (C=O) groups excluding carboxylic acids is 1. The Morgan fingerprint density at radius 2 is 1.71 bits per heavy atom. The summed E-state index contributed by atoms with van der Waals surface area (Å²) >= 11 is 3.46. The zero-order valence-corrected chi connectivity index (χ0v) is 17.1. The minimum atomic E-state index is -0.955. The monoisotopic (exact) mass is 438 g/mol. The van der Waals surface area contributed by atoms with Crippen LogP contribution in [0.2, 0.25) is 0 Å². The number of halogens is 1. The third-order valence-corrected chi connectivity index (χ3v) is 5.39. The topological polar surface area (TPSA) is 80.9 Å². The molecule has 1 aromatic carbocycles. The van der Waals surface area contributed by atoms with Crippen molar-refractivity contribution in [1.82, 2.24) is 15.3 Å². The van der Waals surface area contributed by atoms with Crippen LogP contribution in [0.1, 0.15) is 23.1 Å². The lowest BCUT2D eigenvalue weighted by molar-refractivity contribution is -0.125. The molecular formula is C22H23BrN4O. The highest BCUT2D eigenvalue weighted by atomic mass is 79.9. The van der Waals surface area contributed by atoms with Crippen LogP contribution in [0.15, 0.2) is 77.8 Å². The maximum Gasteiger partial charge on any atom is 0.242 e. The lowest BCUT2D eigenvalue weighted by atomic mass is 9.83. The van der Waals surface area contributed by atoms with Gasteiger partial charge < -0.3 is 5.73 Å². The lowest BCUT2D eigenvalue weighted by Crippen LogP contribution is -2.53. The normalized spacial score (nSPS) is 13.0. The van der Waals surface area contributed by atoms with Crippen LogP contribution in [0.5, 0.6) is 0 Å². The van der Waals surface area contributed by atoms with Crippen LogP contribution in [-0.4, -0.2) is 22.4 Å². The molecule has 28 heavy (non-hydrogen) atoms. The molecule has 0 aliphatic carbocycles. The van der Waals surface area contributed by atoms with Crippen LogP contribution in [0.3, 0.4) is 0 Å². The quantitative estimate of drug-likeness (QED) is 0.536. The second-order valence-corrected chi connectivity index (χ2v) is 7.59.